The van der Waals surface area contributed by atoms with Crippen LogP contribution in [0.2, 0.25) is 0 Å². The topological polar surface area (TPSA) is 84.3 Å². The highest BCUT2D eigenvalue weighted by Gasteiger charge is 2.18. The van der Waals surface area contributed by atoms with Crippen molar-refractivity contribution in [3.8, 4) is 0 Å². The van der Waals surface area contributed by atoms with Crippen molar-refractivity contribution in [2.45, 2.75) is 18.4 Å². The molecule has 3 rings (SSSR count). The van der Waals surface area contributed by atoms with Crippen LogP contribution < -0.4 is 5.32 Å². The van der Waals surface area contributed by atoms with Crippen molar-refractivity contribution in [1.29, 1.82) is 0 Å². The molecule has 0 spiro atoms. The van der Waals surface area contributed by atoms with Crippen molar-refractivity contribution >= 4 is 21.7 Å². The number of sulfonamides is 1. The second-order valence-corrected chi connectivity index (χ2v) is 8.73. The molecule has 3 aromatic rings. The van der Waals surface area contributed by atoms with Crippen LogP contribution >= 0.6 is 0 Å². The Balaban J connectivity index is 1.78. The Hall–Kier alpha value is -2.97. The zero-order valence-electron chi connectivity index (χ0n) is 16.0. The molecule has 0 fully saturated rings. The van der Waals surface area contributed by atoms with Gasteiger partial charge >= 0.3 is 0 Å². The van der Waals surface area contributed by atoms with E-state index in [9.17, 15) is 13.2 Å². The Morgan fingerprint density at radius 1 is 1.07 bits per heavy atom. The summed E-state index contributed by atoms with van der Waals surface area (Å²) in [5.41, 5.74) is 2.22. The average molecular weight is 398 g/mol. The van der Waals surface area contributed by atoms with Gasteiger partial charge in [-0.2, -0.15) is 5.10 Å². The molecule has 1 amide bonds. The predicted molar refractivity (Wildman–Crippen MR) is 108 cm³/mol. The molecule has 0 saturated carbocycles. The Morgan fingerprint density at radius 2 is 1.71 bits per heavy atom. The normalized spacial score (nSPS) is 11.6. The quantitative estimate of drug-likeness (QED) is 0.692. The third kappa shape index (κ3) is 4.29. The number of rotatable bonds is 6. The molecule has 0 saturated heterocycles. The summed E-state index contributed by atoms with van der Waals surface area (Å²) in [5.74, 6) is 0.249. The maximum atomic E-state index is 12.6. The van der Waals surface area contributed by atoms with Gasteiger partial charge in [0.1, 0.15) is 5.82 Å². The Bertz CT molecular complexity index is 1070. The van der Waals surface area contributed by atoms with Crippen molar-refractivity contribution in [3.63, 3.8) is 0 Å². The van der Waals surface area contributed by atoms with Crippen molar-refractivity contribution in [3.05, 3.63) is 77.5 Å². The van der Waals surface area contributed by atoms with Crippen LogP contribution in [0.5, 0.6) is 0 Å². The van der Waals surface area contributed by atoms with Crippen LogP contribution in [0.15, 0.2) is 65.6 Å². The van der Waals surface area contributed by atoms with Crippen LogP contribution in [-0.4, -0.2) is 42.5 Å². The van der Waals surface area contributed by atoms with Gasteiger partial charge in [-0.15, -0.1) is 0 Å². The van der Waals surface area contributed by atoms with Crippen LogP contribution in [0.1, 0.15) is 21.6 Å². The van der Waals surface area contributed by atoms with E-state index < -0.39 is 10.0 Å². The monoisotopic (exact) mass is 398 g/mol. The molecule has 2 aromatic carbocycles. The number of nitrogens with one attached hydrogen (secondary N) is 1. The molecule has 0 radical (unpaired) electrons. The summed E-state index contributed by atoms with van der Waals surface area (Å²) in [6.45, 7) is 2.39. The number of hydrogen-bond donors (Lipinski definition) is 1. The predicted octanol–water partition coefficient (Wildman–Crippen LogP) is 2.74. The zero-order valence-corrected chi connectivity index (χ0v) is 16.8. The van der Waals surface area contributed by atoms with Gasteiger partial charge in [0.05, 0.1) is 17.1 Å². The first kappa shape index (κ1) is 19.8. The molecule has 1 heterocycles. The minimum absolute atomic E-state index is 0.138. The minimum atomic E-state index is -3.53. The number of anilines is 1. The lowest BCUT2D eigenvalue weighted by atomic mass is 10.2. The van der Waals surface area contributed by atoms with Crippen LogP contribution in [0.25, 0.3) is 0 Å². The molecule has 0 unspecified atom stereocenters. The van der Waals surface area contributed by atoms with Gasteiger partial charge in [0, 0.05) is 25.7 Å². The smallest absolute Gasteiger partial charge is 0.256 e. The summed E-state index contributed by atoms with van der Waals surface area (Å²) in [4.78, 5) is 12.7. The number of carbonyl (C=O) groups is 1. The summed E-state index contributed by atoms with van der Waals surface area (Å²) in [7, 11) is -0.600. The molecule has 0 aliphatic carbocycles. The number of nitrogens with zero attached hydrogens (tertiary/aromatic N) is 3. The summed E-state index contributed by atoms with van der Waals surface area (Å²) >= 11 is 0. The van der Waals surface area contributed by atoms with Gasteiger partial charge < -0.3 is 5.32 Å². The van der Waals surface area contributed by atoms with Gasteiger partial charge in [-0.3, -0.25) is 4.79 Å². The second-order valence-electron chi connectivity index (χ2n) is 6.58. The van der Waals surface area contributed by atoms with Crippen LogP contribution in [0.3, 0.4) is 0 Å². The number of aromatic nitrogens is 2. The van der Waals surface area contributed by atoms with Crippen LogP contribution in [-0.2, 0) is 16.6 Å². The van der Waals surface area contributed by atoms with Gasteiger partial charge in [0.25, 0.3) is 5.91 Å². The van der Waals surface area contributed by atoms with Crippen molar-refractivity contribution in [2.24, 2.45) is 0 Å². The molecule has 1 N–H and O–H groups in total. The number of carbonyl (C=O) groups excluding carboxylic acids is 1. The maximum absolute atomic E-state index is 12.6. The third-order valence-corrected chi connectivity index (χ3v) is 6.04. The van der Waals surface area contributed by atoms with Crippen LogP contribution in [0, 0.1) is 6.92 Å². The first-order chi connectivity index (χ1) is 13.3. The minimum Gasteiger partial charge on any atom is -0.307 e. The number of amides is 1. The highest BCUT2D eigenvalue weighted by Crippen LogP contribution is 2.17. The number of benzene rings is 2. The van der Waals surface area contributed by atoms with E-state index in [2.05, 4.69) is 10.4 Å². The molecule has 8 heteroatoms. The van der Waals surface area contributed by atoms with E-state index in [4.69, 9.17) is 0 Å². The van der Waals surface area contributed by atoms with Gasteiger partial charge in [-0.25, -0.2) is 17.4 Å². The molecule has 146 valence electrons. The van der Waals surface area contributed by atoms with Gasteiger partial charge in [-0.05, 0) is 36.8 Å². The lowest BCUT2D eigenvalue weighted by molar-refractivity contribution is 0.102. The van der Waals surface area contributed by atoms with E-state index in [0.29, 0.717) is 17.9 Å². The molecule has 0 bridgehead atoms. The standard InChI is InChI=1S/C20H22N4O3S/c1-15-13-19(24(22-15)14-16-7-5-4-6-8-16)21-20(25)17-9-11-18(12-10-17)28(26,27)23(2)3/h4-13H,14H2,1-3H3,(H,21,25). The van der Waals surface area contributed by atoms with Gasteiger partial charge in [0.2, 0.25) is 10.0 Å². The SMILES string of the molecule is Cc1cc(NC(=O)c2ccc(S(=O)(=O)N(C)C)cc2)n(Cc2ccccc2)n1. The highest BCUT2D eigenvalue weighted by atomic mass is 32.2. The van der Waals surface area contributed by atoms with Crippen molar-refractivity contribution in [2.75, 3.05) is 19.4 Å². The summed E-state index contributed by atoms with van der Waals surface area (Å²) in [5, 5.41) is 7.29. The van der Waals surface area contributed by atoms with Gasteiger partial charge in [-0.1, -0.05) is 30.3 Å². The Labute approximate surface area is 164 Å². The van der Waals surface area contributed by atoms with Crippen molar-refractivity contribution < 1.29 is 13.2 Å². The molecule has 0 atom stereocenters. The summed E-state index contributed by atoms with van der Waals surface area (Å²) in [6.07, 6.45) is 0. The molecule has 28 heavy (non-hydrogen) atoms. The van der Waals surface area contributed by atoms with E-state index >= 15 is 0 Å². The molecular formula is C20H22N4O3S. The van der Waals surface area contributed by atoms with Gasteiger partial charge in [0.15, 0.2) is 0 Å². The van der Waals surface area contributed by atoms with E-state index in [1.165, 1.54) is 38.4 Å². The Kier molecular flexibility index (Phi) is 5.62. The fourth-order valence-electron chi connectivity index (χ4n) is 2.70. The highest BCUT2D eigenvalue weighted by molar-refractivity contribution is 7.89. The largest absolute Gasteiger partial charge is 0.307 e. The lowest BCUT2D eigenvalue weighted by Gasteiger charge is -2.12. The number of aryl methyl sites for hydroxylation is 1. The van der Waals surface area contributed by atoms with E-state index in [1.807, 2.05) is 37.3 Å². The van der Waals surface area contributed by atoms with E-state index in [0.717, 1.165) is 15.6 Å². The first-order valence-electron chi connectivity index (χ1n) is 8.69. The Morgan fingerprint density at radius 3 is 2.32 bits per heavy atom. The fourth-order valence-corrected chi connectivity index (χ4v) is 3.60. The molecule has 0 aliphatic heterocycles. The fraction of sp³-hybridized carbons (Fsp3) is 0.200. The maximum Gasteiger partial charge on any atom is 0.256 e. The summed E-state index contributed by atoms with van der Waals surface area (Å²) in [6, 6.07) is 17.5. The summed E-state index contributed by atoms with van der Waals surface area (Å²) < 4.78 is 27.1. The van der Waals surface area contributed by atoms with Crippen molar-refractivity contribution in [1.82, 2.24) is 14.1 Å². The number of hydrogen-bond acceptors (Lipinski definition) is 4. The third-order valence-electron chi connectivity index (χ3n) is 4.21. The average Bonchev–Trinajstić information content (AvgIpc) is 3.01. The molecule has 1 aromatic heterocycles. The second kappa shape index (κ2) is 7.95. The van der Waals surface area contributed by atoms with Crippen LogP contribution in [0.4, 0.5) is 5.82 Å². The molecule has 7 nitrogen and oxygen atoms in total. The first-order valence-corrected chi connectivity index (χ1v) is 10.1. The molecule has 0 aliphatic rings. The van der Waals surface area contributed by atoms with E-state index in [-0.39, 0.29) is 10.8 Å². The van der Waals surface area contributed by atoms with E-state index in [1.54, 1.807) is 10.7 Å². The molecular weight excluding hydrogens is 376 g/mol. The zero-order chi connectivity index (χ0) is 20.3. The lowest BCUT2D eigenvalue weighted by Crippen LogP contribution is -2.22.